The second-order valence-electron chi connectivity index (χ2n) is 5.35. The standard InChI is InChI=1S/C17H19N3O4/c1-3-10-24-16-7-4-14(5-8-16)11-18(2)13-19-12-15(20(22)23)6-9-17(19)21/h3-9,12H,1,10-11,13H2,2H3. The van der Waals surface area contributed by atoms with Crippen molar-refractivity contribution in [1.29, 1.82) is 0 Å². The van der Waals surface area contributed by atoms with E-state index in [9.17, 15) is 14.9 Å². The van der Waals surface area contributed by atoms with E-state index < -0.39 is 4.92 Å². The quantitative estimate of drug-likeness (QED) is 0.422. The van der Waals surface area contributed by atoms with Crippen LogP contribution in [0.15, 0.2) is 60.0 Å². The molecule has 0 aliphatic rings. The fraction of sp³-hybridized carbons (Fsp3) is 0.235. The first-order valence-electron chi connectivity index (χ1n) is 7.35. The van der Waals surface area contributed by atoms with Crippen LogP contribution in [0.25, 0.3) is 0 Å². The van der Waals surface area contributed by atoms with Crippen molar-refractivity contribution in [2.24, 2.45) is 0 Å². The van der Waals surface area contributed by atoms with Crippen molar-refractivity contribution in [2.45, 2.75) is 13.2 Å². The minimum Gasteiger partial charge on any atom is -0.490 e. The lowest BCUT2D eigenvalue weighted by Gasteiger charge is -2.18. The number of aromatic nitrogens is 1. The van der Waals surface area contributed by atoms with E-state index in [1.165, 1.54) is 22.9 Å². The molecule has 7 heteroatoms. The molecule has 0 radical (unpaired) electrons. The summed E-state index contributed by atoms with van der Waals surface area (Å²) in [7, 11) is 1.84. The van der Waals surface area contributed by atoms with Gasteiger partial charge in [-0.05, 0) is 24.7 Å². The SMILES string of the molecule is C=CCOc1ccc(CN(C)Cn2cc([N+](=O)[O-])ccc2=O)cc1. The van der Waals surface area contributed by atoms with Crippen molar-refractivity contribution in [1.82, 2.24) is 9.47 Å². The summed E-state index contributed by atoms with van der Waals surface area (Å²) in [6, 6.07) is 10.0. The van der Waals surface area contributed by atoms with Crippen LogP contribution in [0.4, 0.5) is 5.69 Å². The lowest BCUT2D eigenvalue weighted by molar-refractivity contribution is -0.385. The first-order valence-corrected chi connectivity index (χ1v) is 7.35. The Balaban J connectivity index is 2.01. The molecule has 0 bridgehead atoms. The van der Waals surface area contributed by atoms with Crippen LogP contribution in [-0.4, -0.2) is 28.0 Å². The monoisotopic (exact) mass is 329 g/mol. The lowest BCUT2D eigenvalue weighted by Crippen LogP contribution is -2.29. The van der Waals surface area contributed by atoms with Gasteiger partial charge >= 0.3 is 0 Å². The highest BCUT2D eigenvalue weighted by Gasteiger charge is 2.09. The Bertz CT molecular complexity index is 768. The van der Waals surface area contributed by atoms with Gasteiger partial charge in [-0.2, -0.15) is 0 Å². The number of nitro groups is 1. The van der Waals surface area contributed by atoms with Crippen LogP contribution >= 0.6 is 0 Å². The third-order valence-electron chi connectivity index (χ3n) is 3.32. The highest BCUT2D eigenvalue weighted by molar-refractivity contribution is 5.27. The summed E-state index contributed by atoms with van der Waals surface area (Å²) in [5, 5.41) is 10.8. The Morgan fingerprint density at radius 3 is 2.62 bits per heavy atom. The number of benzene rings is 1. The number of pyridine rings is 1. The number of nitrogens with zero attached hydrogens (tertiary/aromatic N) is 3. The average molecular weight is 329 g/mol. The Morgan fingerprint density at radius 2 is 2.00 bits per heavy atom. The number of ether oxygens (including phenoxy) is 1. The molecule has 2 aromatic rings. The van der Waals surface area contributed by atoms with Crippen LogP contribution in [0.2, 0.25) is 0 Å². The lowest BCUT2D eigenvalue weighted by atomic mass is 10.2. The molecular formula is C17H19N3O4. The topological polar surface area (TPSA) is 77.6 Å². The van der Waals surface area contributed by atoms with Gasteiger partial charge in [0.2, 0.25) is 0 Å². The van der Waals surface area contributed by atoms with Crippen molar-refractivity contribution < 1.29 is 9.66 Å². The minimum atomic E-state index is -0.516. The zero-order valence-electron chi connectivity index (χ0n) is 13.4. The van der Waals surface area contributed by atoms with Gasteiger partial charge in [0, 0.05) is 18.7 Å². The summed E-state index contributed by atoms with van der Waals surface area (Å²) >= 11 is 0. The molecular weight excluding hydrogens is 310 g/mol. The summed E-state index contributed by atoms with van der Waals surface area (Å²) in [6.45, 7) is 4.90. The fourth-order valence-corrected chi connectivity index (χ4v) is 2.21. The Labute approximate surface area is 139 Å². The number of rotatable bonds is 8. The molecule has 0 N–H and O–H groups in total. The van der Waals surface area contributed by atoms with Gasteiger partial charge in [0.1, 0.15) is 12.4 Å². The van der Waals surface area contributed by atoms with Crippen molar-refractivity contribution in [2.75, 3.05) is 13.7 Å². The molecule has 0 atom stereocenters. The Kier molecular flexibility index (Phi) is 5.86. The molecule has 1 aromatic carbocycles. The first kappa shape index (κ1) is 17.4. The van der Waals surface area contributed by atoms with E-state index in [1.54, 1.807) is 6.08 Å². The molecule has 0 saturated carbocycles. The summed E-state index contributed by atoms with van der Waals surface area (Å²) in [5.74, 6) is 0.760. The van der Waals surface area contributed by atoms with Gasteiger partial charge in [0.15, 0.2) is 0 Å². The molecule has 0 unspecified atom stereocenters. The minimum absolute atomic E-state index is 0.105. The maximum Gasteiger partial charge on any atom is 0.285 e. The van der Waals surface area contributed by atoms with Gasteiger partial charge in [-0.25, -0.2) is 0 Å². The number of hydrogen-bond donors (Lipinski definition) is 0. The molecule has 7 nitrogen and oxygen atoms in total. The molecule has 24 heavy (non-hydrogen) atoms. The van der Waals surface area contributed by atoms with Crippen LogP contribution in [0.5, 0.6) is 5.75 Å². The van der Waals surface area contributed by atoms with Gasteiger partial charge in [-0.15, -0.1) is 0 Å². The molecule has 0 aliphatic carbocycles. The summed E-state index contributed by atoms with van der Waals surface area (Å²) in [5.41, 5.74) is 0.661. The normalized spacial score (nSPS) is 10.6. The second kappa shape index (κ2) is 8.07. The molecule has 1 heterocycles. The molecule has 0 spiro atoms. The maximum atomic E-state index is 11.8. The Morgan fingerprint density at radius 1 is 1.29 bits per heavy atom. The van der Waals surface area contributed by atoms with Crippen LogP contribution in [-0.2, 0) is 13.2 Å². The zero-order valence-corrected chi connectivity index (χ0v) is 13.4. The predicted molar refractivity (Wildman–Crippen MR) is 91.0 cm³/mol. The van der Waals surface area contributed by atoms with Crippen molar-refractivity contribution in [3.05, 3.63) is 81.3 Å². The maximum absolute atomic E-state index is 11.8. The molecule has 0 amide bonds. The zero-order chi connectivity index (χ0) is 17.5. The van der Waals surface area contributed by atoms with Gasteiger partial charge in [-0.3, -0.25) is 24.4 Å². The summed E-state index contributed by atoms with van der Waals surface area (Å²) in [6.07, 6.45) is 2.93. The van der Waals surface area contributed by atoms with E-state index in [0.717, 1.165) is 11.3 Å². The van der Waals surface area contributed by atoms with Gasteiger partial charge < -0.3 is 4.74 Å². The van der Waals surface area contributed by atoms with E-state index in [2.05, 4.69) is 6.58 Å². The van der Waals surface area contributed by atoms with Crippen LogP contribution < -0.4 is 10.3 Å². The third kappa shape index (κ3) is 4.79. The van der Waals surface area contributed by atoms with Gasteiger partial charge in [0.25, 0.3) is 11.2 Å². The number of hydrogen-bond acceptors (Lipinski definition) is 5. The molecule has 0 aliphatic heterocycles. The molecule has 0 fully saturated rings. The van der Waals surface area contributed by atoms with Crippen molar-refractivity contribution in [3.63, 3.8) is 0 Å². The first-order chi connectivity index (χ1) is 11.5. The molecule has 2 rings (SSSR count). The highest BCUT2D eigenvalue weighted by Crippen LogP contribution is 2.14. The van der Waals surface area contributed by atoms with E-state index >= 15 is 0 Å². The van der Waals surface area contributed by atoms with Crippen LogP contribution in [0.1, 0.15) is 5.56 Å². The Hall–Kier alpha value is -2.93. The van der Waals surface area contributed by atoms with E-state index in [-0.39, 0.29) is 17.9 Å². The predicted octanol–water partition coefficient (Wildman–Crippen LogP) is 2.41. The highest BCUT2D eigenvalue weighted by atomic mass is 16.6. The van der Waals surface area contributed by atoms with Crippen molar-refractivity contribution in [3.8, 4) is 5.75 Å². The average Bonchev–Trinajstić information content (AvgIpc) is 2.56. The molecule has 126 valence electrons. The third-order valence-corrected chi connectivity index (χ3v) is 3.32. The van der Waals surface area contributed by atoms with Crippen molar-refractivity contribution >= 4 is 5.69 Å². The smallest absolute Gasteiger partial charge is 0.285 e. The summed E-state index contributed by atoms with van der Waals surface area (Å²) < 4.78 is 6.74. The van der Waals surface area contributed by atoms with Gasteiger partial charge in [-0.1, -0.05) is 24.8 Å². The van der Waals surface area contributed by atoms with E-state index in [1.807, 2.05) is 36.2 Å². The largest absolute Gasteiger partial charge is 0.490 e. The van der Waals surface area contributed by atoms with Crippen LogP contribution in [0.3, 0.4) is 0 Å². The molecule has 0 saturated heterocycles. The fourth-order valence-electron chi connectivity index (χ4n) is 2.21. The van der Waals surface area contributed by atoms with E-state index in [4.69, 9.17) is 4.74 Å². The van der Waals surface area contributed by atoms with Crippen LogP contribution in [0, 0.1) is 10.1 Å². The van der Waals surface area contributed by atoms with E-state index in [0.29, 0.717) is 13.2 Å². The molecule has 1 aromatic heterocycles. The summed E-state index contributed by atoms with van der Waals surface area (Å²) in [4.78, 5) is 24.0. The van der Waals surface area contributed by atoms with Gasteiger partial charge in [0.05, 0.1) is 17.8 Å². The second-order valence-corrected chi connectivity index (χ2v) is 5.35.